The lowest BCUT2D eigenvalue weighted by molar-refractivity contribution is 0.205. The maximum absolute atomic E-state index is 13.4. The van der Waals surface area contributed by atoms with Crippen molar-refractivity contribution in [3.63, 3.8) is 0 Å². The van der Waals surface area contributed by atoms with E-state index in [4.69, 9.17) is 0 Å². The predicted molar refractivity (Wildman–Crippen MR) is 45.2 cm³/mol. The van der Waals surface area contributed by atoms with Crippen LogP contribution < -0.4 is 0 Å². The number of hydrogen-bond acceptors (Lipinski definition) is 0. The van der Waals surface area contributed by atoms with Gasteiger partial charge in [-0.25, -0.2) is 8.78 Å². The summed E-state index contributed by atoms with van der Waals surface area (Å²) in [7, 11) is 0. The normalized spacial score (nSPS) is 38.1. The van der Waals surface area contributed by atoms with Crippen LogP contribution in [0.5, 0.6) is 0 Å². The van der Waals surface area contributed by atoms with Gasteiger partial charge in [-0.1, -0.05) is 28.1 Å². The Hall–Kier alpha value is -0.180. The fourth-order valence-electron chi connectivity index (χ4n) is 0.989. The molecule has 0 saturated carbocycles. The van der Waals surface area contributed by atoms with E-state index in [1.54, 1.807) is 19.1 Å². The molecule has 3 heteroatoms. The van der Waals surface area contributed by atoms with Gasteiger partial charge in [0.1, 0.15) is 5.83 Å². The molecule has 11 heavy (non-hydrogen) atoms. The lowest BCUT2D eigenvalue weighted by Crippen LogP contribution is -2.32. The number of halogens is 3. The topological polar surface area (TPSA) is 0 Å². The first-order valence-corrected chi connectivity index (χ1v) is 4.26. The van der Waals surface area contributed by atoms with E-state index >= 15 is 0 Å². The monoisotopic (exact) mass is 222 g/mol. The Morgan fingerprint density at radius 2 is 2.18 bits per heavy atom. The molecule has 0 aromatic carbocycles. The van der Waals surface area contributed by atoms with Crippen molar-refractivity contribution < 1.29 is 8.78 Å². The molecule has 0 bridgehead atoms. The Bertz CT molecular complexity index is 228. The van der Waals surface area contributed by atoms with Crippen LogP contribution in [0, 0.1) is 0 Å². The van der Waals surface area contributed by atoms with E-state index in [0.717, 1.165) is 0 Å². The maximum atomic E-state index is 13.4. The summed E-state index contributed by atoms with van der Waals surface area (Å²) in [6.07, 6.45) is 3.19. The summed E-state index contributed by atoms with van der Waals surface area (Å²) in [6, 6.07) is 0. The molecule has 1 aliphatic carbocycles. The molecule has 0 aliphatic heterocycles. The summed E-state index contributed by atoms with van der Waals surface area (Å²) in [5.74, 6) is -0.679. The van der Waals surface area contributed by atoms with Crippen molar-refractivity contribution in [3.05, 3.63) is 23.6 Å². The van der Waals surface area contributed by atoms with Gasteiger partial charge in [0.2, 0.25) is 0 Å². The van der Waals surface area contributed by atoms with Crippen molar-refractivity contribution in [2.45, 2.75) is 24.3 Å². The highest BCUT2D eigenvalue weighted by Gasteiger charge is 2.38. The molecule has 62 valence electrons. The van der Waals surface area contributed by atoms with Gasteiger partial charge in [-0.3, -0.25) is 0 Å². The van der Waals surface area contributed by atoms with Crippen LogP contribution in [0.1, 0.15) is 13.8 Å². The molecule has 0 amide bonds. The summed E-state index contributed by atoms with van der Waals surface area (Å²) < 4.78 is 26.4. The number of alkyl halides is 2. The highest BCUT2D eigenvalue weighted by molar-refractivity contribution is 9.09. The molecule has 0 saturated heterocycles. The Kier molecular flexibility index (Phi) is 2.19. The average Bonchev–Trinajstić information content (AvgIpc) is 1.95. The highest BCUT2D eigenvalue weighted by atomic mass is 79.9. The molecule has 0 spiro atoms. The van der Waals surface area contributed by atoms with Crippen molar-refractivity contribution >= 4 is 15.9 Å². The summed E-state index contributed by atoms with van der Waals surface area (Å²) in [5.41, 5.74) is -1.52. The van der Waals surface area contributed by atoms with Crippen molar-refractivity contribution in [2.75, 3.05) is 0 Å². The van der Waals surface area contributed by atoms with Crippen LogP contribution in [0.25, 0.3) is 0 Å². The number of hydrogen-bond donors (Lipinski definition) is 0. The average molecular weight is 223 g/mol. The largest absolute Gasteiger partial charge is 0.235 e. The second-order valence-corrected chi connectivity index (χ2v) is 3.82. The van der Waals surface area contributed by atoms with Crippen molar-refractivity contribution in [3.8, 4) is 0 Å². The molecule has 1 aliphatic rings. The Morgan fingerprint density at radius 3 is 2.64 bits per heavy atom. The fourth-order valence-corrected chi connectivity index (χ4v) is 1.34. The number of allylic oxidation sites excluding steroid dienone is 4. The van der Waals surface area contributed by atoms with Gasteiger partial charge in [-0.05, 0) is 19.4 Å². The molecular formula is C8H9BrF2. The van der Waals surface area contributed by atoms with E-state index < -0.39 is 16.3 Å². The van der Waals surface area contributed by atoms with Gasteiger partial charge in [0.05, 0.1) is 4.83 Å². The van der Waals surface area contributed by atoms with Crippen LogP contribution >= 0.6 is 15.9 Å². The third kappa shape index (κ3) is 1.39. The van der Waals surface area contributed by atoms with Crippen LogP contribution in [0.3, 0.4) is 0 Å². The first kappa shape index (κ1) is 8.91. The van der Waals surface area contributed by atoms with E-state index in [9.17, 15) is 8.78 Å². The molecule has 0 N–H and O–H groups in total. The zero-order chi connectivity index (χ0) is 8.65. The third-order valence-electron chi connectivity index (χ3n) is 1.81. The molecule has 2 unspecified atom stereocenters. The Balaban J connectivity index is 3.07. The molecule has 0 heterocycles. The van der Waals surface area contributed by atoms with Gasteiger partial charge in [-0.15, -0.1) is 0 Å². The lowest BCUT2D eigenvalue weighted by Gasteiger charge is -2.26. The smallest absolute Gasteiger partial charge is 0.175 e. The molecule has 2 atom stereocenters. The standard InChI is InChI=1S/C8H9BrF2/c1-5-3-4-6(9)8(2,11)7(5)10/h3-4,6H,1-2H3. The van der Waals surface area contributed by atoms with Crippen molar-refractivity contribution in [1.29, 1.82) is 0 Å². The molecule has 0 radical (unpaired) electrons. The van der Waals surface area contributed by atoms with Gasteiger partial charge in [0.25, 0.3) is 0 Å². The summed E-state index contributed by atoms with van der Waals surface area (Å²) >= 11 is 3.04. The van der Waals surface area contributed by atoms with Crippen LogP contribution in [0.2, 0.25) is 0 Å². The Morgan fingerprint density at radius 1 is 1.64 bits per heavy atom. The molecule has 0 nitrogen and oxygen atoms in total. The van der Waals surface area contributed by atoms with Gasteiger partial charge in [-0.2, -0.15) is 0 Å². The molecule has 0 fully saturated rings. The van der Waals surface area contributed by atoms with Gasteiger partial charge < -0.3 is 0 Å². The van der Waals surface area contributed by atoms with E-state index in [0.29, 0.717) is 5.57 Å². The summed E-state index contributed by atoms with van der Waals surface area (Å²) in [4.78, 5) is -0.557. The molecule has 0 aromatic rings. The zero-order valence-electron chi connectivity index (χ0n) is 6.37. The molecule has 0 aromatic heterocycles. The first-order valence-electron chi connectivity index (χ1n) is 3.34. The van der Waals surface area contributed by atoms with Crippen molar-refractivity contribution in [1.82, 2.24) is 0 Å². The molecular weight excluding hydrogens is 214 g/mol. The van der Waals surface area contributed by atoms with Gasteiger partial charge in [0.15, 0.2) is 5.67 Å². The van der Waals surface area contributed by atoms with Crippen LogP contribution in [-0.2, 0) is 0 Å². The number of rotatable bonds is 0. The quantitative estimate of drug-likeness (QED) is 0.552. The minimum absolute atomic E-state index is 0.366. The summed E-state index contributed by atoms with van der Waals surface area (Å²) in [6.45, 7) is 2.79. The van der Waals surface area contributed by atoms with Gasteiger partial charge >= 0.3 is 0 Å². The second-order valence-electron chi connectivity index (χ2n) is 2.83. The van der Waals surface area contributed by atoms with E-state index in [1.807, 2.05) is 0 Å². The molecule has 1 rings (SSSR count). The van der Waals surface area contributed by atoms with Crippen molar-refractivity contribution in [2.24, 2.45) is 0 Å². The van der Waals surface area contributed by atoms with E-state index in [2.05, 4.69) is 15.9 Å². The predicted octanol–water partition coefficient (Wildman–Crippen LogP) is 3.29. The van der Waals surface area contributed by atoms with E-state index in [-0.39, 0.29) is 0 Å². The maximum Gasteiger partial charge on any atom is 0.175 e. The SMILES string of the molecule is CC1=C(F)C(C)(F)C(Br)C=C1. The van der Waals surface area contributed by atoms with E-state index in [1.165, 1.54) is 6.92 Å². The highest BCUT2D eigenvalue weighted by Crippen LogP contribution is 2.37. The second kappa shape index (κ2) is 2.70. The zero-order valence-corrected chi connectivity index (χ0v) is 7.95. The fraction of sp³-hybridized carbons (Fsp3) is 0.500. The van der Waals surface area contributed by atoms with Crippen LogP contribution in [-0.4, -0.2) is 10.5 Å². The summed E-state index contributed by atoms with van der Waals surface area (Å²) in [5, 5.41) is 0. The minimum Gasteiger partial charge on any atom is -0.235 e. The van der Waals surface area contributed by atoms with Gasteiger partial charge in [0, 0.05) is 0 Å². The van der Waals surface area contributed by atoms with Crippen LogP contribution in [0.15, 0.2) is 23.6 Å². The Labute approximate surface area is 73.1 Å². The lowest BCUT2D eigenvalue weighted by atomic mass is 9.94. The third-order valence-corrected chi connectivity index (χ3v) is 2.97. The first-order chi connectivity index (χ1) is 4.96. The minimum atomic E-state index is -1.89. The van der Waals surface area contributed by atoms with Crippen LogP contribution in [0.4, 0.5) is 8.78 Å².